The molecule has 2 aliphatic rings. The van der Waals surface area contributed by atoms with Crippen molar-refractivity contribution in [2.45, 2.75) is 57.8 Å². The predicted octanol–water partition coefficient (Wildman–Crippen LogP) is 4.59. The summed E-state index contributed by atoms with van der Waals surface area (Å²) < 4.78 is 42.7. The summed E-state index contributed by atoms with van der Waals surface area (Å²) in [6.07, 6.45) is 5.22. The highest BCUT2D eigenvalue weighted by Gasteiger charge is 2.35. The number of halogens is 3. The molecule has 0 aromatic carbocycles. The van der Waals surface area contributed by atoms with Crippen molar-refractivity contribution in [3.05, 3.63) is 42.2 Å². The van der Waals surface area contributed by atoms with Crippen LogP contribution in [0, 0.1) is 0 Å². The van der Waals surface area contributed by atoms with E-state index in [0.29, 0.717) is 24.3 Å². The molecule has 0 spiro atoms. The molecule has 0 saturated heterocycles. The van der Waals surface area contributed by atoms with Crippen LogP contribution >= 0.6 is 0 Å². The lowest BCUT2D eigenvalue weighted by Crippen LogP contribution is -2.14. The molecule has 3 aromatic heterocycles. The molecule has 3 aromatic rings. The second-order valence-electron chi connectivity index (χ2n) is 7.67. The molecule has 0 radical (unpaired) electrons. The van der Waals surface area contributed by atoms with Crippen molar-refractivity contribution in [2.75, 3.05) is 17.2 Å². The summed E-state index contributed by atoms with van der Waals surface area (Å²) in [6.45, 7) is 5.43. The Kier molecular flexibility index (Phi) is 5.84. The maximum Gasteiger partial charge on any atom is 0.421 e. The number of rotatable bonds is 5. The van der Waals surface area contributed by atoms with Gasteiger partial charge in [-0.2, -0.15) is 23.3 Å². The molecule has 1 atom stereocenters. The van der Waals surface area contributed by atoms with Gasteiger partial charge in [-0.05, 0) is 26.2 Å². The number of hydrogen-bond acceptors (Lipinski definition) is 6. The molecule has 2 N–H and O–H groups in total. The first-order valence-electron chi connectivity index (χ1n) is 10.4. The Morgan fingerprint density at radius 3 is 2.65 bits per heavy atom. The highest BCUT2D eigenvalue weighted by atomic mass is 19.4. The van der Waals surface area contributed by atoms with Crippen molar-refractivity contribution in [3.8, 4) is 0 Å². The number of aryl methyl sites for hydroxylation is 1. The second kappa shape index (κ2) is 8.56. The van der Waals surface area contributed by atoms with Crippen LogP contribution in [-0.2, 0) is 12.7 Å². The fourth-order valence-electron chi connectivity index (χ4n) is 3.49. The van der Waals surface area contributed by atoms with Gasteiger partial charge in [0, 0.05) is 43.7 Å². The zero-order valence-electron chi connectivity index (χ0n) is 17.4. The van der Waals surface area contributed by atoms with Gasteiger partial charge in [0.25, 0.3) is 0 Å². The molecule has 1 unspecified atom stereocenters. The van der Waals surface area contributed by atoms with Crippen molar-refractivity contribution < 1.29 is 13.2 Å². The maximum absolute atomic E-state index is 12.9. The molecule has 1 aliphatic heterocycles. The number of fused-ring (bicyclic) bond motifs is 1. The Balaban J connectivity index is 0.000000212. The quantitative estimate of drug-likeness (QED) is 0.611. The van der Waals surface area contributed by atoms with Crippen LogP contribution in [0.5, 0.6) is 0 Å². The molecule has 8 nitrogen and oxygen atoms in total. The second-order valence-corrected chi connectivity index (χ2v) is 7.67. The minimum atomic E-state index is -4.49. The van der Waals surface area contributed by atoms with E-state index >= 15 is 0 Å². The normalized spacial score (nSPS) is 17.6. The topological polar surface area (TPSA) is 85.5 Å². The summed E-state index contributed by atoms with van der Waals surface area (Å²) in [5.74, 6) is 2.48. The smallest absolute Gasteiger partial charge is 0.370 e. The molecule has 5 rings (SSSR count). The lowest BCUT2D eigenvalue weighted by molar-refractivity contribution is -0.137. The largest absolute Gasteiger partial charge is 0.421 e. The number of imidazole rings is 1. The van der Waals surface area contributed by atoms with Gasteiger partial charge in [0.1, 0.15) is 23.0 Å². The fourth-order valence-corrected chi connectivity index (χ4v) is 3.49. The van der Waals surface area contributed by atoms with Gasteiger partial charge in [0.05, 0.1) is 12.2 Å². The molecule has 11 heteroatoms. The van der Waals surface area contributed by atoms with E-state index in [0.717, 1.165) is 25.6 Å². The van der Waals surface area contributed by atoms with Crippen LogP contribution in [-0.4, -0.2) is 35.8 Å². The van der Waals surface area contributed by atoms with Crippen molar-refractivity contribution >= 4 is 17.6 Å². The van der Waals surface area contributed by atoms with Crippen LogP contribution in [0.1, 0.15) is 56.5 Å². The van der Waals surface area contributed by atoms with Gasteiger partial charge < -0.3 is 15.2 Å². The van der Waals surface area contributed by atoms with Crippen LogP contribution in [0.15, 0.2) is 30.9 Å². The minimum Gasteiger partial charge on any atom is -0.370 e. The molecule has 4 heterocycles. The molecule has 1 saturated carbocycles. The predicted molar refractivity (Wildman–Crippen MR) is 110 cm³/mol. The van der Waals surface area contributed by atoms with Crippen LogP contribution in [0.4, 0.5) is 30.8 Å². The number of nitrogens with zero attached hydrogens (tertiary/aromatic N) is 6. The van der Waals surface area contributed by atoms with E-state index in [2.05, 4.69) is 48.4 Å². The molecular formula is C20H25F3N8. The monoisotopic (exact) mass is 434 g/mol. The Morgan fingerprint density at radius 2 is 1.97 bits per heavy atom. The summed E-state index contributed by atoms with van der Waals surface area (Å²) >= 11 is 0. The lowest BCUT2D eigenvalue weighted by atomic mass is 10.1. The summed E-state index contributed by atoms with van der Waals surface area (Å²) in [5, 5.41) is 9.73. The molecule has 0 bridgehead atoms. The highest BCUT2D eigenvalue weighted by molar-refractivity contribution is 5.54. The van der Waals surface area contributed by atoms with E-state index in [1.807, 2.05) is 6.20 Å². The third-order valence-electron chi connectivity index (χ3n) is 5.23. The SMILES string of the molecule is CC1CCn2ccnc21.CCNc1nc(Nc2ccnn2C2CC2)ncc1C(F)(F)F. The first-order valence-corrected chi connectivity index (χ1v) is 10.4. The van der Waals surface area contributed by atoms with Crippen molar-refractivity contribution in [2.24, 2.45) is 0 Å². The summed E-state index contributed by atoms with van der Waals surface area (Å²) in [7, 11) is 0. The van der Waals surface area contributed by atoms with Gasteiger partial charge in [0.2, 0.25) is 5.95 Å². The minimum absolute atomic E-state index is 0.103. The fraction of sp³-hybridized carbons (Fsp3) is 0.500. The summed E-state index contributed by atoms with van der Waals surface area (Å²) in [4.78, 5) is 11.9. The first kappa shape index (κ1) is 21.1. The average molecular weight is 434 g/mol. The molecule has 1 fully saturated rings. The number of anilines is 3. The zero-order valence-corrected chi connectivity index (χ0v) is 17.4. The van der Waals surface area contributed by atoms with Crippen molar-refractivity contribution in [3.63, 3.8) is 0 Å². The van der Waals surface area contributed by atoms with Gasteiger partial charge in [-0.3, -0.25) is 0 Å². The zero-order chi connectivity index (χ0) is 22.0. The highest BCUT2D eigenvalue weighted by Crippen LogP contribution is 2.37. The van der Waals surface area contributed by atoms with Crippen LogP contribution in [0.25, 0.3) is 0 Å². The van der Waals surface area contributed by atoms with Gasteiger partial charge in [-0.1, -0.05) is 6.92 Å². The Hall–Kier alpha value is -3.11. The lowest BCUT2D eigenvalue weighted by Gasteiger charge is -2.14. The maximum atomic E-state index is 12.9. The van der Waals surface area contributed by atoms with Crippen molar-refractivity contribution in [1.82, 2.24) is 29.3 Å². The summed E-state index contributed by atoms with van der Waals surface area (Å²) in [6, 6.07) is 2.09. The Bertz CT molecular complexity index is 1020. The number of alkyl halides is 3. The van der Waals surface area contributed by atoms with E-state index in [-0.39, 0.29) is 11.8 Å². The van der Waals surface area contributed by atoms with E-state index in [1.54, 1.807) is 23.9 Å². The molecule has 31 heavy (non-hydrogen) atoms. The summed E-state index contributed by atoms with van der Waals surface area (Å²) in [5.41, 5.74) is -0.879. The molecule has 1 aliphatic carbocycles. The Morgan fingerprint density at radius 1 is 1.16 bits per heavy atom. The van der Waals surface area contributed by atoms with Gasteiger partial charge in [-0.25, -0.2) is 14.6 Å². The average Bonchev–Trinajstić information content (AvgIpc) is 3.10. The van der Waals surface area contributed by atoms with Gasteiger partial charge in [0.15, 0.2) is 0 Å². The van der Waals surface area contributed by atoms with Crippen LogP contribution in [0.3, 0.4) is 0 Å². The van der Waals surface area contributed by atoms with E-state index in [9.17, 15) is 13.2 Å². The molecule has 166 valence electrons. The first-order chi connectivity index (χ1) is 14.9. The molecule has 0 amide bonds. The standard InChI is InChI=1S/C13H15F3N6.C7H10N2/c1-2-17-11-9(13(14,15)16)7-18-12(21-11)20-10-5-6-19-22(10)8-3-4-8;1-6-2-4-9-5-3-8-7(6)9/h5-8H,2-4H2,1H3,(H2,17,18,20,21);3,5-6H,2,4H2,1H3. The number of nitrogens with one attached hydrogen (secondary N) is 2. The number of hydrogen-bond donors (Lipinski definition) is 2. The van der Waals surface area contributed by atoms with Gasteiger partial charge >= 0.3 is 6.18 Å². The third kappa shape index (κ3) is 4.80. The van der Waals surface area contributed by atoms with Gasteiger partial charge in [-0.15, -0.1) is 0 Å². The van der Waals surface area contributed by atoms with Crippen molar-refractivity contribution in [1.29, 1.82) is 0 Å². The van der Waals surface area contributed by atoms with Crippen LogP contribution in [0.2, 0.25) is 0 Å². The van der Waals surface area contributed by atoms with E-state index in [4.69, 9.17) is 0 Å². The molecular weight excluding hydrogens is 409 g/mol. The van der Waals surface area contributed by atoms with E-state index < -0.39 is 11.7 Å². The number of aromatic nitrogens is 6. The van der Waals surface area contributed by atoms with Crippen LogP contribution < -0.4 is 10.6 Å². The third-order valence-corrected chi connectivity index (χ3v) is 5.23. The van der Waals surface area contributed by atoms with E-state index in [1.165, 1.54) is 12.2 Å². The Labute approximate surface area is 177 Å².